The maximum Gasteiger partial charge on any atom is 0.124 e. The molecule has 5 aromatic rings. The molecule has 170 valence electrons. The number of methoxy groups -OCH3 is 1. The van der Waals surface area contributed by atoms with Gasteiger partial charge in [-0.05, 0) is 45.3 Å². The van der Waals surface area contributed by atoms with E-state index in [0.29, 0.717) is 0 Å². The van der Waals surface area contributed by atoms with E-state index in [1.54, 1.807) is 0 Å². The highest BCUT2D eigenvalue weighted by Gasteiger charge is 2.45. The zero-order chi connectivity index (χ0) is 23.7. The van der Waals surface area contributed by atoms with Gasteiger partial charge in [-0.1, -0.05) is 133 Å². The average Bonchev–Trinajstić information content (AvgIpc) is 2.94. The van der Waals surface area contributed by atoms with Gasteiger partial charge in [-0.2, -0.15) is 0 Å². The van der Waals surface area contributed by atoms with E-state index in [1.165, 1.54) is 43.0 Å². The Labute approximate surface area is 207 Å². The van der Waals surface area contributed by atoms with Gasteiger partial charge in [-0.25, -0.2) is 0 Å². The quantitative estimate of drug-likeness (QED) is 0.300. The number of rotatable bonds is 5. The molecule has 0 unspecified atom stereocenters. The molecule has 2 heteroatoms. The Morgan fingerprint density at radius 2 is 1.23 bits per heavy atom. The van der Waals surface area contributed by atoms with Crippen molar-refractivity contribution < 1.29 is 4.74 Å². The molecule has 35 heavy (non-hydrogen) atoms. The Balaban J connectivity index is 1.75. The summed E-state index contributed by atoms with van der Waals surface area (Å²) in [6.07, 6.45) is 3.18. The highest BCUT2D eigenvalue weighted by molar-refractivity contribution is 7.74. The lowest BCUT2D eigenvalue weighted by Crippen LogP contribution is -2.46. The average molecular weight is 471 g/mol. The number of hydrogen-bond donors (Lipinski definition) is 0. The Morgan fingerprint density at radius 1 is 0.629 bits per heavy atom. The predicted octanol–water partition coefficient (Wildman–Crippen LogP) is 5.70. The number of fused-ring (bicyclic) bond motifs is 2. The third-order valence-electron chi connectivity index (χ3n) is 7.01. The molecular weight excluding hydrogens is 443 g/mol. The summed E-state index contributed by atoms with van der Waals surface area (Å²) in [6, 6.07) is 46.0. The van der Waals surface area contributed by atoms with Gasteiger partial charge in [0.05, 0.1) is 0 Å². The molecule has 0 N–H and O–H groups in total. The highest BCUT2D eigenvalue weighted by atomic mass is 31.1. The van der Waals surface area contributed by atoms with Crippen LogP contribution in [0.1, 0.15) is 12.0 Å². The van der Waals surface area contributed by atoms with E-state index < -0.39 is 13.3 Å². The summed E-state index contributed by atoms with van der Waals surface area (Å²) in [7, 11) is 1.01. The van der Waals surface area contributed by atoms with Crippen LogP contribution >= 0.6 is 7.92 Å². The number of hydrogen-bond acceptors (Lipinski definition) is 1. The Hall–Kier alpha value is -3.51. The van der Waals surface area contributed by atoms with Crippen LogP contribution in [0.5, 0.6) is 0 Å². The van der Waals surface area contributed by atoms with E-state index in [1.807, 2.05) is 7.11 Å². The molecule has 0 amide bonds. The van der Waals surface area contributed by atoms with Gasteiger partial charge in [-0.3, -0.25) is 0 Å². The van der Waals surface area contributed by atoms with Crippen LogP contribution in [0.15, 0.2) is 127 Å². The maximum atomic E-state index is 6.78. The highest BCUT2D eigenvalue weighted by Crippen LogP contribution is 2.57. The summed E-state index contributed by atoms with van der Waals surface area (Å²) >= 11 is 0. The Bertz CT molecular complexity index is 1560. The normalized spacial score (nSPS) is 17.3. The van der Waals surface area contributed by atoms with Crippen molar-refractivity contribution in [2.24, 2.45) is 0 Å². The molecule has 6 rings (SSSR count). The van der Waals surface area contributed by atoms with Crippen molar-refractivity contribution in [2.45, 2.75) is 11.8 Å². The summed E-state index contributed by atoms with van der Waals surface area (Å²) in [4.78, 5) is 0. The molecule has 0 bridgehead atoms. The molecule has 0 fully saturated rings. The van der Waals surface area contributed by atoms with E-state index in [0.717, 1.165) is 6.42 Å². The fourth-order valence-corrected chi connectivity index (χ4v) is 8.46. The van der Waals surface area contributed by atoms with Crippen molar-refractivity contribution >= 4 is 41.0 Å². The minimum atomic E-state index is -0.887. The molecule has 0 spiro atoms. The molecule has 0 aliphatic heterocycles. The van der Waals surface area contributed by atoms with Gasteiger partial charge in [0.25, 0.3) is 0 Å². The number of ether oxygens (including phenoxy) is 1. The van der Waals surface area contributed by atoms with E-state index in [9.17, 15) is 0 Å². The second kappa shape index (κ2) is 9.27. The molecule has 0 saturated carbocycles. The minimum Gasteiger partial charge on any atom is -0.368 e. The first-order valence-corrected chi connectivity index (χ1v) is 13.4. The van der Waals surface area contributed by atoms with E-state index >= 15 is 0 Å². The lowest BCUT2D eigenvalue weighted by atomic mass is 9.87. The van der Waals surface area contributed by atoms with Gasteiger partial charge >= 0.3 is 0 Å². The molecule has 1 aliphatic rings. The fourth-order valence-electron chi connectivity index (χ4n) is 5.46. The van der Waals surface area contributed by atoms with Gasteiger partial charge in [0.2, 0.25) is 0 Å². The van der Waals surface area contributed by atoms with Crippen molar-refractivity contribution in [3.8, 4) is 0 Å². The fraction of sp³-hybridized carbons (Fsp3) is 0.0909. The molecule has 0 saturated heterocycles. The molecular formula is C33H27OP. The maximum absolute atomic E-state index is 6.78. The largest absolute Gasteiger partial charge is 0.368 e. The van der Waals surface area contributed by atoms with Crippen LogP contribution in [0.2, 0.25) is 0 Å². The first-order chi connectivity index (χ1) is 17.3. The van der Waals surface area contributed by atoms with Gasteiger partial charge in [0, 0.05) is 19.1 Å². The summed E-state index contributed by atoms with van der Waals surface area (Å²) in [6.45, 7) is 0. The smallest absolute Gasteiger partial charge is 0.124 e. The van der Waals surface area contributed by atoms with Crippen molar-refractivity contribution in [3.63, 3.8) is 0 Å². The van der Waals surface area contributed by atoms with Crippen molar-refractivity contribution in [3.05, 3.63) is 143 Å². The molecule has 1 aliphatic carbocycles. The topological polar surface area (TPSA) is 9.23 Å². The molecule has 1 atom stereocenters. The first kappa shape index (κ1) is 22.0. The molecule has 5 aromatic carbocycles. The molecule has 0 radical (unpaired) electrons. The Kier molecular flexibility index (Phi) is 5.82. The van der Waals surface area contributed by atoms with Gasteiger partial charge in [0.1, 0.15) is 5.34 Å². The summed E-state index contributed by atoms with van der Waals surface area (Å²) in [5.41, 5.74) is 2.54. The molecule has 0 aromatic heterocycles. The lowest BCUT2D eigenvalue weighted by molar-refractivity contribution is 0.120. The Morgan fingerprint density at radius 3 is 1.94 bits per heavy atom. The second-order valence-corrected chi connectivity index (χ2v) is 11.3. The van der Waals surface area contributed by atoms with Gasteiger partial charge in [0.15, 0.2) is 0 Å². The lowest BCUT2D eigenvalue weighted by Gasteiger charge is -2.44. The van der Waals surface area contributed by atoms with Crippen LogP contribution in [0.25, 0.3) is 22.4 Å². The van der Waals surface area contributed by atoms with Crippen LogP contribution in [0.3, 0.4) is 0 Å². The van der Waals surface area contributed by atoms with Crippen molar-refractivity contribution in [1.82, 2.24) is 0 Å². The van der Waals surface area contributed by atoms with E-state index in [4.69, 9.17) is 4.74 Å². The monoisotopic (exact) mass is 470 g/mol. The van der Waals surface area contributed by atoms with E-state index in [2.05, 4.69) is 133 Å². The standard InChI is InChI=1S/C33H27OP/c1-34-33(35(27-16-4-2-5-17-27)28-18-6-3-7-19-28)24-23-26-14-9-11-21-30(26)32(33)31-22-12-15-25-13-8-10-20-29(25)31/h2-23H,24H2,1H3/t33-/m1/s1. The van der Waals surface area contributed by atoms with E-state index in [-0.39, 0.29) is 0 Å². The van der Waals surface area contributed by atoms with Crippen LogP contribution in [0, 0.1) is 0 Å². The van der Waals surface area contributed by atoms with Crippen molar-refractivity contribution in [1.29, 1.82) is 0 Å². The third kappa shape index (κ3) is 3.73. The summed E-state index contributed by atoms with van der Waals surface area (Å²) in [5, 5.41) is 7.17. The molecule has 1 nitrogen and oxygen atoms in total. The van der Waals surface area contributed by atoms with Gasteiger partial charge < -0.3 is 4.74 Å². The van der Waals surface area contributed by atoms with Crippen molar-refractivity contribution in [2.75, 3.05) is 7.11 Å². The zero-order valence-corrected chi connectivity index (χ0v) is 20.7. The predicted molar refractivity (Wildman–Crippen MR) is 150 cm³/mol. The number of benzene rings is 5. The second-order valence-electron chi connectivity index (χ2n) is 8.89. The van der Waals surface area contributed by atoms with Crippen LogP contribution in [-0.2, 0) is 4.74 Å². The SMILES string of the molecule is CO[C@@]1(P(c2ccccc2)c2ccccc2)CC=c2ccccc2=C1c1cccc2ccccc12. The first-order valence-electron chi connectivity index (χ1n) is 12.1. The molecule has 0 heterocycles. The summed E-state index contributed by atoms with van der Waals surface area (Å²) in [5.74, 6) is 0. The van der Waals surface area contributed by atoms with Crippen LogP contribution in [-0.4, -0.2) is 12.5 Å². The summed E-state index contributed by atoms with van der Waals surface area (Å²) < 4.78 is 6.78. The van der Waals surface area contributed by atoms with Gasteiger partial charge in [-0.15, -0.1) is 0 Å². The van der Waals surface area contributed by atoms with Crippen LogP contribution < -0.4 is 21.0 Å². The van der Waals surface area contributed by atoms with Crippen LogP contribution in [0.4, 0.5) is 0 Å². The zero-order valence-electron chi connectivity index (χ0n) is 19.8. The minimum absolute atomic E-state index is 0.517. The third-order valence-corrected chi connectivity index (χ3v) is 9.95.